The lowest BCUT2D eigenvalue weighted by Gasteiger charge is -2.35. The van der Waals surface area contributed by atoms with Crippen LogP contribution in [0, 0.1) is 11.6 Å². The minimum Gasteiger partial charge on any atom is -0.351 e. The van der Waals surface area contributed by atoms with E-state index in [0.29, 0.717) is 44.1 Å². The van der Waals surface area contributed by atoms with Crippen LogP contribution in [0.5, 0.6) is 0 Å². The topological polar surface area (TPSA) is 36.7 Å². The molecule has 0 bridgehead atoms. The molecule has 3 aromatic rings. The second-order valence-electron chi connectivity index (χ2n) is 6.62. The summed E-state index contributed by atoms with van der Waals surface area (Å²) in [6.07, 6.45) is -0.704. The summed E-state index contributed by atoms with van der Waals surface area (Å²) in [6.45, 7) is 2.74. The third kappa shape index (κ3) is 3.64. The Balaban J connectivity index is 1.47. The van der Waals surface area contributed by atoms with E-state index < -0.39 is 23.5 Å². The summed E-state index contributed by atoms with van der Waals surface area (Å²) >= 11 is 0. The second-order valence-corrected chi connectivity index (χ2v) is 6.62. The number of imidazole rings is 1. The van der Waals surface area contributed by atoms with E-state index in [0.717, 1.165) is 12.3 Å². The molecule has 0 amide bonds. The first-order valence-corrected chi connectivity index (χ1v) is 8.63. The molecular weight excluding hydrogens is 381 g/mol. The van der Waals surface area contributed by atoms with Crippen molar-refractivity contribution < 1.29 is 22.0 Å². The van der Waals surface area contributed by atoms with Crippen molar-refractivity contribution in [2.45, 2.75) is 12.7 Å². The smallest absolute Gasteiger partial charge is 0.351 e. The number of hydrogen-bond acceptors (Lipinski definition) is 4. The van der Waals surface area contributed by atoms with Crippen LogP contribution < -0.4 is 4.90 Å². The molecule has 4 rings (SSSR count). The first-order valence-electron chi connectivity index (χ1n) is 8.63. The number of fused-ring (bicyclic) bond motifs is 1. The van der Waals surface area contributed by atoms with E-state index in [1.54, 1.807) is 0 Å². The number of anilines is 1. The lowest BCUT2D eigenvalue weighted by atomic mass is 10.2. The fourth-order valence-corrected chi connectivity index (χ4v) is 3.28. The van der Waals surface area contributed by atoms with Gasteiger partial charge in [0.05, 0.1) is 0 Å². The first kappa shape index (κ1) is 18.6. The number of benzene rings is 1. The molecule has 3 heterocycles. The molecule has 10 heteroatoms. The molecule has 1 fully saturated rings. The van der Waals surface area contributed by atoms with E-state index >= 15 is 0 Å². The highest BCUT2D eigenvalue weighted by Gasteiger charge is 2.34. The fourth-order valence-electron chi connectivity index (χ4n) is 3.28. The third-order valence-corrected chi connectivity index (χ3v) is 4.71. The van der Waals surface area contributed by atoms with Gasteiger partial charge in [-0.05, 0) is 17.7 Å². The van der Waals surface area contributed by atoms with Gasteiger partial charge < -0.3 is 9.30 Å². The van der Waals surface area contributed by atoms with Crippen LogP contribution in [0.3, 0.4) is 0 Å². The molecule has 2 aromatic heterocycles. The minimum absolute atomic E-state index is 0.156. The molecule has 148 valence electrons. The Hall–Kier alpha value is -2.75. The summed E-state index contributed by atoms with van der Waals surface area (Å²) in [6, 6.07) is 3.81. The molecule has 0 radical (unpaired) electrons. The molecule has 0 saturated carbocycles. The summed E-state index contributed by atoms with van der Waals surface area (Å²) in [5, 5.41) is 0. The molecule has 1 aliphatic heterocycles. The summed E-state index contributed by atoms with van der Waals surface area (Å²) in [7, 11) is 0. The van der Waals surface area contributed by atoms with Gasteiger partial charge in [-0.15, -0.1) is 0 Å². The Kier molecular flexibility index (Phi) is 4.66. The zero-order valence-corrected chi connectivity index (χ0v) is 14.6. The van der Waals surface area contributed by atoms with Crippen LogP contribution in [0.2, 0.25) is 0 Å². The maximum atomic E-state index is 13.4. The van der Waals surface area contributed by atoms with Gasteiger partial charge in [0, 0.05) is 51.3 Å². The molecule has 1 saturated heterocycles. The largest absolute Gasteiger partial charge is 0.434 e. The van der Waals surface area contributed by atoms with Gasteiger partial charge in [-0.25, -0.2) is 18.7 Å². The molecule has 1 aromatic carbocycles. The highest BCUT2D eigenvalue weighted by atomic mass is 19.4. The van der Waals surface area contributed by atoms with Crippen molar-refractivity contribution in [3.8, 4) is 0 Å². The van der Waals surface area contributed by atoms with E-state index in [4.69, 9.17) is 0 Å². The predicted molar refractivity (Wildman–Crippen MR) is 91.8 cm³/mol. The molecular formula is C18H16F5N5. The van der Waals surface area contributed by atoms with Crippen LogP contribution >= 0.6 is 0 Å². The van der Waals surface area contributed by atoms with Crippen LogP contribution in [-0.4, -0.2) is 45.4 Å². The number of piperazine rings is 1. The highest BCUT2D eigenvalue weighted by Crippen LogP contribution is 2.30. The predicted octanol–water partition coefficient (Wildman–Crippen LogP) is 3.35. The monoisotopic (exact) mass is 397 g/mol. The van der Waals surface area contributed by atoms with Crippen molar-refractivity contribution in [2.24, 2.45) is 0 Å². The van der Waals surface area contributed by atoms with Gasteiger partial charge in [-0.2, -0.15) is 13.2 Å². The van der Waals surface area contributed by atoms with E-state index in [9.17, 15) is 22.0 Å². The second kappa shape index (κ2) is 7.01. The van der Waals surface area contributed by atoms with Crippen molar-refractivity contribution in [1.29, 1.82) is 0 Å². The van der Waals surface area contributed by atoms with Crippen molar-refractivity contribution >= 4 is 11.5 Å². The van der Waals surface area contributed by atoms with Crippen LogP contribution in [-0.2, 0) is 12.7 Å². The first-order chi connectivity index (χ1) is 13.3. The lowest BCUT2D eigenvalue weighted by molar-refractivity contribution is -0.140. The van der Waals surface area contributed by atoms with E-state index in [1.165, 1.54) is 28.9 Å². The number of rotatable bonds is 3. The lowest BCUT2D eigenvalue weighted by Crippen LogP contribution is -2.46. The molecule has 1 aliphatic rings. The van der Waals surface area contributed by atoms with Crippen LogP contribution in [0.15, 0.2) is 36.8 Å². The zero-order chi connectivity index (χ0) is 19.9. The molecule has 0 atom stereocenters. The minimum atomic E-state index is -4.52. The molecule has 5 nitrogen and oxygen atoms in total. The zero-order valence-electron chi connectivity index (χ0n) is 14.6. The molecule has 0 unspecified atom stereocenters. The van der Waals surface area contributed by atoms with Crippen LogP contribution in [0.25, 0.3) is 5.65 Å². The quantitative estimate of drug-likeness (QED) is 0.636. The maximum absolute atomic E-state index is 13.4. The highest BCUT2D eigenvalue weighted by molar-refractivity contribution is 5.64. The number of alkyl halides is 3. The average molecular weight is 397 g/mol. The maximum Gasteiger partial charge on any atom is 0.434 e. The standard InChI is InChI=1S/C18H16F5N5/c19-13-2-1-12(9-14(13)20)10-26-5-7-27(8-6-26)16-17-25-15(18(21,22)23)11-28(17)4-3-24-16/h1-4,9,11H,5-8,10H2. The van der Waals surface area contributed by atoms with E-state index in [-0.39, 0.29) is 5.65 Å². The Labute approximate surface area is 157 Å². The molecule has 0 aliphatic carbocycles. The summed E-state index contributed by atoms with van der Waals surface area (Å²) in [4.78, 5) is 11.9. The van der Waals surface area contributed by atoms with Gasteiger partial charge in [0.15, 0.2) is 28.8 Å². The van der Waals surface area contributed by atoms with E-state index in [2.05, 4.69) is 14.9 Å². The van der Waals surface area contributed by atoms with E-state index in [1.807, 2.05) is 4.90 Å². The van der Waals surface area contributed by atoms with Crippen molar-refractivity contribution in [1.82, 2.24) is 19.3 Å². The Morgan fingerprint density at radius 3 is 2.43 bits per heavy atom. The Morgan fingerprint density at radius 1 is 1.00 bits per heavy atom. The Morgan fingerprint density at radius 2 is 1.75 bits per heavy atom. The number of hydrogen-bond donors (Lipinski definition) is 0. The van der Waals surface area contributed by atoms with Crippen LogP contribution in [0.4, 0.5) is 27.8 Å². The van der Waals surface area contributed by atoms with Crippen LogP contribution in [0.1, 0.15) is 11.3 Å². The normalized spacial score (nSPS) is 16.1. The number of halogens is 5. The average Bonchev–Trinajstić information content (AvgIpc) is 3.10. The van der Waals surface area contributed by atoms with Gasteiger partial charge in [-0.1, -0.05) is 6.07 Å². The number of nitrogens with zero attached hydrogens (tertiary/aromatic N) is 5. The van der Waals surface area contributed by atoms with Crippen molar-refractivity contribution in [3.63, 3.8) is 0 Å². The molecule has 28 heavy (non-hydrogen) atoms. The van der Waals surface area contributed by atoms with Gasteiger partial charge in [-0.3, -0.25) is 4.90 Å². The summed E-state index contributed by atoms with van der Waals surface area (Å²) in [5.41, 5.74) is -0.141. The fraction of sp³-hybridized carbons (Fsp3) is 0.333. The summed E-state index contributed by atoms with van der Waals surface area (Å²) < 4.78 is 66.5. The Bertz CT molecular complexity index is 992. The van der Waals surface area contributed by atoms with Gasteiger partial charge in [0.1, 0.15) is 0 Å². The molecule has 0 N–H and O–H groups in total. The number of aromatic nitrogens is 3. The van der Waals surface area contributed by atoms with Gasteiger partial charge in [0.2, 0.25) is 0 Å². The van der Waals surface area contributed by atoms with Crippen molar-refractivity contribution in [2.75, 3.05) is 31.1 Å². The van der Waals surface area contributed by atoms with Gasteiger partial charge in [0.25, 0.3) is 0 Å². The van der Waals surface area contributed by atoms with Gasteiger partial charge >= 0.3 is 6.18 Å². The third-order valence-electron chi connectivity index (χ3n) is 4.71. The SMILES string of the molecule is Fc1ccc(CN2CCN(c3nccn4cc(C(F)(F)F)nc34)CC2)cc1F. The molecule has 0 spiro atoms. The van der Waals surface area contributed by atoms with Crippen molar-refractivity contribution in [3.05, 3.63) is 59.7 Å². The summed E-state index contributed by atoms with van der Waals surface area (Å²) in [5.74, 6) is -1.37.